The minimum Gasteiger partial charge on any atom is -0.459 e. The standard InChI is InChI=1S/C23H20N4O4/c28-21-12-11-19(26-27(21)18-8-2-1-3-9-18)22(29)24-15-16-6-4-7-17(14-16)25-23(30)20-10-5-13-31-20/h1-10,13-14H,11-12,15H2,(H,24,29)(H,25,30). The molecule has 0 saturated carbocycles. The molecule has 2 heterocycles. The zero-order chi connectivity index (χ0) is 21.6. The van der Waals surface area contributed by atoms with Crippen LogP contribution in [0.4, 0.5) is 11.4 Å². The number of furan rings is 1. The van der Waals surface area contributed by atoms with Crippen LogP contribution >= 0.6 is 0 Å². The number of benzene rings is 2. The number of rotatable bonds is 6. The molecule has 2 N–H and O–H groups in total. The van der Waals surface area contributed by atoms with Gasteiger partial charge in [-0.2, -0.15) is 5.10 Å². The van der Waals surface area contributed by atoms with Crippen molar-refractivity contribution in [3.8, 4) is 0 Å². The first kappa shape index (κ1) is 20.1. The van der Waals surface area contributed by atoms with Crippen molar-refractivity contribution in [3.63, 3.8) is 0 Å². The fourth-order valence-electron chi connectivity index (χ4n) is 3.13. The topological polar surface area (TPSA) is 104 Å². The van der Waals surface area contributed by atoms with Crippen LogP contribution in [0.5, 0.6) is 0 Å². The Morgan fingerprint density at radius 2 is 1.81 bits per heavy atom. The zero-order valence-electron chi connectivity index (χ0n) is 16.6. The van der Waals surface area contributed by atoms with E-state index < -0.39 is 0 Å². The highest BCUT2D eigenvalue weighted by atomic mass is 16.3. The van der Waals surface area contributed by atoms with E-state index in [0.717, 1.165) is 5.56 Å². The monoisotopic (exact) mass is 416 g/mol. The summed E-state index contributed by atoms with van der Waals surface area (Å²) in [6, 6.07) is 19.4. The molecule has 3 aromatic rings. The van der Waals surface area contributed by atoms with Crippen LogP contribution in [0.25, 0.3) is 0 Å². The van der Waals surface area contributed by atoms with Gasteiger partial charge in [0.25, 0.3) is 11.8 Å². The fraction of sp³-hybridized carbons (Fsp3) is 0.130. The summed E-state index contributed by atoms with van der Waals surface area (Å²) < 4.78 is 5.08. The number of carbonyl (C=O) groups excluding carboxylic acids is 3. The number of carbonyl (C=O) groups is 3. The maximum absolute atomic E-state index is 12.6. The molecule has 1 aliphatic heterocycles. The summed E-state index contributed by atoms with van der Waals surface area (Å²) in [7, 11) is 0. The van der Waals surface area contributed by atoms with E-state index in [9.17, 15) is 14.4 Å². The number of nitrogens with zero attached hydrogens (tertiary/aromatic N) is 2. The van der Waals surface area contributed by atoms with Gasteiger partial charge in [0.1, 0.15) is 5.71 Å². The average molecular weight is 416 g/mol. The second-order valence-corrected chi connectivity index (χ2v) is 6.90. The first-order valence-corrected chi connectivity index (χ1v) is 9.77. The van der Waals surface area contributed by atoms with Crippen LogP contribution in [0, 0.1) is 0 Å². The van der Waals surface area contributed by atoms with Gasteiger partial charge in [0.15, 0.2) is 5.76 Å². The molecule has 31 heavy (non-hydrogen) atoms. The van der Waals surface area contributed by atoms with Crippen molar-refractivity contribution < 1.29 is 18.8 Å². The highest BCUT2D eigenvalue weighted by Gasteiger charge is 2.25. The molecule has 0 atom stereocenters. The molecule has 3 amide bonds. The van der Waals surface area contributed by atoms with Gasteiger partial charge in [-0.1, -0.05) is 30.3 Å². The quantitative estimate of drug-likeness (QED) is 0.643. The highest BCUT2D eigenvalue weighted by molar-refractivity contribution is 6.40. The van der Waals surface area contributed by atoms with Gasteiger partial charge in [0.05, 0.1) is 12.0 Å². The molecule has 0 saturated heterocycles. The van der Waals surface area contributed by atoms with E-state index in [1.54, 1.807) is 42.5 Å². The molecule has 8 heteroatoms. The normalized spacial score (nSPS) is 13.5. The van der Waals surface area contributed by atoms with Crippen molar-refractivity contribution in [2.45, 2.75) is 19.4 Å². The third-order valence-electron chi connectivity index (χ3n) is 4.68. The van der Waals surface area contributed by atoms with Crippen molar-refractivity contribution in [3.05, 3.63) is 84.3 Å². The molecule has 0 fully saturated rings. The molecular formula is C23H20N4O4. The van der Waals surface area contributed by atoms with Gasteiger partial charge in [-0.05, 0) is 42.0 Å². The molecular weight excluding hydrogens is 396 g/mol. The van der Waals surface area contributed by atoms with Crippen LogP contribution in [0.2, 0.25) is 0 Å². The van der Waals surface area contributed by atoms with Crippen LogP contribution in [-0.4, -0.2) is 23.4 Å². The van der Waals surface area contributed by atoms with Crippen LogP contribution in [-0.2, 0) is 16.1 Å². The van der Waals surface area contributed by atoms with E-state index in [0.29, 0.717) is 17.1 Å². The van der Waals surface area contributed by atoms with Gasteiger partial charge in [-0.15, -0.1) is 0 Å². The Morgan fingerprint density at radius 3 is 2.58 bits per heavy atom. The maximum atomic E-state index is 12.6. The number of hydrogen-bond acceptors (Lipinski definition) is 5. The predicted molar refractivity (Wildman–Crippen MR) is 116 cm³/mol. The molecule has 8 nitrogen and oxygen atoms in total. The Bertz CT molecular complexity index is 1120. The van der Waals surface area contributed by atoms with Crippen LogP contribution < -0.4 is 15.6 Å². The largest absolute Gasteiger partial charge is 0.459 e. The van der Waals surface area contributed by atoms with Crippen molar-refractivity contribution in [2.24, 2.45) is 5.10 Å². The third-order valence-corrected chi connectivity index (χ3v) is 4.68. The lowest BCUT2D eigenvalue weighted by Crippen LogP contribution is -2.38. The van der Waals surface area contributed by atoms with E-state index in [4.69, 9.17) is 4.42 Å². The Hall–Kier alpha value is -4.20. The second-order valence-electron chi connectivity index (χ2n) is 6.90. The minimum absolute atomic E-state index is 0.150. The lowest BCUT2D eigenvalue weighted by atomic mass is 10.1. The molecule has 0 bridgehead atoms. The summed E-state index contributed by atoms with van der Waals surface area (Å²) in [5.41, 5.74) is 2.31. The van der Waals surface area contributed by atoms with Crippen molar-refractivity contribution in [1.29, 1.82) is 0 Å². The smallest absolute Gasteiger partial charge is 0.291 e. The fourth-order valence-corrected chi connectivity index (χ4v) is 3.13. The maximum Gasteiger partial charge on any atom is 0.291 e. The van der Waals surface area contributed by atoms with E-state index >= 15 is 0 Å². The number of hydrazone groups is 1. The zero-order valence-corrected chi connectivity index (χ0v) is 16.6. The lowest BCUT2D eigenvalue weighted by molar-refractivity contribution is -0.119. The molecule has 0 aliphatic carbocycles. The van der Waals surface area contributed by atoms with Crippen molar-refractivity contribution in [2.75, 3.05) is 10.3 Å². The summed E-state index contributed by atoms with van der Waals surface area (Å²) in [5, 5.41) is 11.1. The third kappa shape index (κ3) is 4.87. The summed E-state index contributed by atoms with van der Waals surface area (Å²) in [6.45, 7) is 0.252. The van der Waals surface area contributed by atoms with Gasteiger partial charge >= 0.3 is 0 Å². The average Bonchev–Trinajstić information content (AvgIpc) is 3.34. The molecule has 4 rings (SSSR count). The van der Waals surface area contributed by atoms with Gasteiger partial charge in [0, 0.05) is 25.1 Å². The molecule has 0 spiro atoms. The molecule has 1 aromatic heterocycles. The number of hydrogen-bond donors (Lipinski definition) is 2. The Labute approximate surface area is 178 Å². The van der Waals surface area contributed by atoms with Crippen molar-refractivity contribution in [1.82, 2.24) is 5.32 Å². The van der Waals surface area contributed by atoms with Crippen LogP contribution in [0.3, 0.4) is 0 Å². The number of anilines is 2. The molecule has 1 aliphatic rings. The van der Waals surface area contributed by atoms with Gasteiger partial charge in [-0.25, -0.2) is 5.01 Å². The summed E-state index contributed by atoms with van der Waals surface area (Å²) in [6.07, 6.45) is 1.93. The van der Waals surface area contributed by atoms with Crippen molar-refractivity contribution >= 4 is 34.8 Å². The summed E-state index contributed by atoms with van der Waals surface area (Å²) >= 11 is 0. The Kier molecular flexibility index (Phi) is 5.89. The van der Waals surface area contributed by atoms with Crippen LogP contribution in [0.15, 0.2) is 82.5 Å². The first-order valence-electron chi connectivity index (χ1n) is 9.77. The summed E-state index contributed by atoms with van der Waals surface area (Å²) in [4.78, 5) is 36.9. The first-order chi connectivity index (χ1) is 15.1. The van der Waals surface area contributed by atoms with Gasteiger partial charge in [0.2, 0.25) is 5.91 Å². The van der Waals surface area contributed by atoms with Crippen LogP contribution in [0.1, 0.15) is 29.0 Å². The predicted octanol–water partition coefficient (Wildman–Crippen LogP) is 3.33. The SMILES string of the molecule is O=C(NCc1cccc(NC(=O)c2ccco2)c1)C1=NN(c2ccccc2)C(=O)CC1. The Morgan fingerprint density at radius 1 is 0.968 bits per heavy atom. The minimum atomic E-state index is -0.353. The van der Waals surface area contributed by atoms with E-state index in [1.807, 2.05) is 24.3 Å². The molecule has 0 unspecified atom stereocenters. The Balaban J connectivity index is 1.39. The van der Waals surface area contributed by atoms with E-state index in [-0.39, 0.29) is 42.9 Å². The number of nitrogens with one attached hydrogen (secondary N) is 2. The van der Waals surface area contributed by atoms with E-state index in [1.165, 1.54) is 11.3 Å². The van der Waals surface area contributed by atoms with Gasteiger partial charge in [-0.3, -0.25) is 14.4 Å². The second kappa shape index (κ2) is 9.08. The highest BCUT2D eigenvalue weighted by Crippen LogP contribution is 2.20. The number of para-hydroxylation sites is 1. The van der Waals surface area contributed by atoms with E-state index in [2.05, 4.69) is 15.7 Å². The summed E-state index contributed by atoms with van der Waals surface area (Å²) in [5.74, 6) is -0.624. The molecule has 0 radical (unpaired) electrons. The van der Waals surface area contributed by atoms with Gasteiger partial charge < -0.3 is 15.1 Å². The molecule has 2 aromatic carbocycles. The molecule has 156 valence electrons. The lowest BCUT2D eigenvalue weighted by Gasteiger charge is -2.23. The number of amides is 3.